The molecule has 0 radical (unpaired) electrons. The molecule has 1 saturated carbocycles. The number of unbranched alkanes of at least 4 members (excludes halogenated alkanes) is 1. The second-order valence-electron chi connectivity index (χ2n) is 5.76. The van der Waals surface area contributed by atoms with E-state index in [9.17, 15) is 0 Å². The second-order valence-corrected chi connectivity index (χ2v) is 5.76. The van der Waals surface area contributed by atoms with Gasteiger partial charge in [-0.3, -0.25) is 4.99 Å². The Bertz CT molecular complexity index is 432. The highest BCUT2D eigenvalue weighted by Crippen LogP contribution is 2.17. The Labute approximate surface area is 128 Å². The van der Waals surface area contributed by atoms with Crippen molar-refractivity contribution < 1.29 is 0 Å². The highest BCUT2D eigenvalue weighted by molar-refractivity contribution is 5.80. The molecule has 1 aliphatic carbocycles. The normalized spacial score (nSPS) is 16.4. The number of guanidine groups is 1. The first-order chi connectivity index (χ1) is 10.3. The molecule has 2 N–H and O–H groups in total. The molecule has 1 aromatic rings. The van der Waals surface area contributed by atoms with Gasteiger partial charge >= 0.3 is 0 Å². The molecule has 1 fully saturated rings. The highest BCUT2D eigenvalue weighted by atomic mass is 15.2. The lowest BCUT2D eigenvalue weighted by atomic mass is 10.2. The van der Waals surface area contributed by atoms with Crippen molar-refractivity contribution in [2.75, 3.05) is 13.1 Å². The first-order valence-electron chi connectivity index (χ1n) is 8.32. The third-order valence-corrected chi connectivity index (χ3v) is 4.04. The third-order valence-electron chi connectivity index (χ3n) is 4.04. The fourth-order valence-corrected chi connectivity index (χ4v) is 2.81. The van der Waals surface area contributed by atoms with Crippen LogP contribution in [0.15, 0.2) is 17.4 Å². The molecule has 0 amide bonds. The average Bonchev–Trinajstić information content (AvgIpc) is 3.11. The number of hydrogen-bond acceptors (Lipinski definition) is 2. The predicted octanol–water partition coefficient (Wildman–Crippen LogP) is 2.47. The molecule has 0 spiro atoms. The van der Waals surface area contributed by atoms with Crippen molar-refractivity contribution in [2.45, 2.75) is 65.0 Å². The van der Waals surface area contributed by atoms with Crippen LogP contribution >= 0.6 is 0 Å². The summed E-state index contributed by atoms with van der Waals surface area (Å²) in [7, 11) is 0. The van der Waals surface area contributed by atoms with Gasteiger partial charge in [-0.2, -0.15) is 0 Å². The molecule has 0 bridgehead atoms. The molecule has 5 heteroatoms. The van der Waals surface area contributed by atoms with E-state index >= 15 is 0 Å². The first-order valence-corrected chi connectivity index (χ1v) is 8.32. The van der Waals surface area contributed by atoms with Crippen molar-refractivity contribution in [1.29, 1.82) is 0 Å². The Hall–Kier alpha value is -1.52. The van der Waals surface area contributed by atoms with Gasteiger partial charge in [0.2, 0.25) is 0 Å². The Morgan fingerprint density at radius 2 is 2.19 bits per heavy atom. The molecule has 21 heavy (non-hydrogen) atoms. The molecule has 5 nitrogen and oxygen atoms in total. The Morgan fingerprint density at radius 3 is 2.86 bits per heavy atom. The molecule has 1 aromatic heterocycles. The van der Waals surface area contributed by atoms with Crippen LogP contribution in [0.5, 0.6) is 0 Å². The zero-order valence-corrected chi connectivity index (χ0v) is 13.4. The topological polar surface area (TPSA) is 54.2 Å². The van der Waals surface area contributed by atoms with E-state index in [1.807, 2.05) is 19.3 Å². The van der Waals surface area contributed by atoms with Gasteiger partial charge in [-0.15, -0.1) is 0 Å². The van der Waals surface area contributed by atoms with E-state index in [4.69, 9.17) is 0 Å². The van der Waals surface area contributed by atoms with Crippen LogP contribution in [0.2, 0.25) is 0 Å². The van der Waals surface area contributed by atoms with Gasteiger partial charge in [0, 0.05) is 38.1 Å². The molecule has 118 valence electrons. The Morgan fingerprint density at radius 1 is 1.38 bits per heavy atom. The van der Waals surface area contributed by atoms with Gasteiger partial charge in [0.1, 0.15) is 5.82 Å². The smallest absolute Gasteiger partial charge is 0.191 e. The van der Waals surface area contributed by atoms with Crippen molar-refractivity contribution in [1.82, 2.24) is 20.2 Å². The summed E-state index contributed by atoms with van der Waals surface area (Å²) < 4.78 is 2.20. The second kappa shape index (κ2) is 8.70. The number of hydrogen-bond donors (Lipinski definition) is 2. The third kappa shape index (κ3) is 5.40. The fourth-order valence-electron chi connectivity index (χ4n) is 2.81. The summed E-state index contributed by atoms with van der Waals surface area (Å²) in [6, 6.07) is 0.622. The predicted molar refractivity (Wildman–Crippen MR) is 87.6 cm³/mol. The maximum Gasteiger partial charge on any atom is 0.191 e. The summed E-state index contributed by atoms with van der Waals surface area (Å²) in [6.45, 7) is 7.01. The maximum absolute atomic E-state index is 4.69. The van der Waals surface area contributed by atoms with Crippen LogP contribution in [0.1, 0.15) is 51.3 Å². The van der Waals surface area contributed by atoms with E-state index < -0.39 is 0 Å². The lowest BCUT2D eigenvalue weighted by Gasteiger charge is -2.16. The SMILES string of the molecule is CCNC(=NCCCCn1ccnc1C)NC1CCCC1. The van der Waals surface area contributed by atoms with Crippen molar-refractivity contribution in [3.63, 3.8) is 0 Å². The summed E-state index contributed by atoms with van der Waals surface area (Å²) in [5, 5.41) is 6.90. The number of nitrogens with zero attached hydrogens (tertiary/aromatic N) is 3. The molecule has 0 aromatic carbocycles. The average molecular weight is 291 g/mol. The minimum Gasteiger partial charge on any atom is -0.357 e. The minimum atomic E-state index is 0.622. The number of imidazole rings is 1. The minimum absolute atomic E-state index is 0.622. The molecular formula is C16H29N5. The fraction of sp³-hybridized carbons (Fsp3) is 0.750. The summed E-state index contributed by atoms with van der Waals surface area (Å²) in [5.74, 6) is 2.08. The molecule has 1 heterocycles. The molecule has 0 atom stereocenters. The number of aliphatic imine (C=N–C) groups is 1. The van der Waals surface area contributed by atoms with Gasteiger partial charge in [-0.05, 0) is 39.5 Å². The van der Waals surface area contributed by atoms with Gasteiger partial charge in [-0.1, -0.05) is 12.8 Å². The van der Waals surface area contributed by atoms with E-state index in [-0.39, 0.29) is 0 Å². The van der Waals surface area contributed by atoms with E-state index in [2.05, 4.69) is 32.1 Å². The van der Waals surface area contributed by atoms with Crippen LogP contribution in [0.3, 0.4) is 0 Å². The summed E-state index contributed by atoms with van der Waals surface area (Å²) in [5.41, 5.74) is 0. The van der Waals surface area contributed by atoms with Crippen molar-refractivity contribution in [3.05, 3.63) is 18.2 Å². The van der Waals surface area contributed by atoms with Gasteiger partial charge in [0.25, 0.3) is 0 Å². The standard InChI is InChI=1S/C16H29N5/c1-3-17-16(20-15-8-4-5-9-15)19-10-6-7-12-21-13-11-18-14(21)2/h11,13,15H,3-10,12H2,1-2H3,(H2,17,19,20). The maximum atomic E-state index is 4.69. The van der Waals surface area contributed by atoms with E-state index in [0.717, 1.165) is 44.3 Å². The zero-order chi connectivity index (χ0) is 14.9. The van der Waals surface area contributed by atoms with Crippen LogP contribution in [0.4, 0.5) is 0 Å². The van der Waals surface area contributed by atoms with E-state index in [0.29, 0.717) is 6.04 Å². The summed E-state index contributed by atoms with van der Waals surface area (Å²) in [4.78, 5) is 8.93. The molecule has 0 saturated heterocycles. The zero-order valence-electron chi connectivity index (χ0n) is 13.4. The monoisotopic (exact) mass is 291 g/mol. The van der Waals surface area contributed by atoms with Gasteiger partial charge in [0.15, 0.2) is 5.96 Å². The Balaban J connectivity index is 1.68. The summed E-state index contributed by atoms with van der Waals surface area (Å²) >= 11 is 0. The van der Waals surface area contributed by atoms with Crippen LogP contribution in [0, 0.1) is 6.92 Å². The number of aryl methyl sites for hydroxylation is 2. The lowest BCUT2D eigenvalue weighted by molar-refractivity contribution is 0.593. The summed E-state index contributed by atoms with van der Waals surface area (Å²) in [6.07, 6.45) is 11.4. The van der Waals surface area contributed by atoms with Crippen LogP contribution in [-0.2, 0) is 6.54 Å². The molecule has 2 rings (SSSR count). The number of rotatable bonds is 7. The van der Waals surface area contributed by atoms with Gasteiger partial charge in [-0.25, -0.2) is 4.98 Å². The van der Waals surface area contributed by atoms with E-state index in [1.54, 1.807) is 0 Å². The van der Waals surface area contributed by atoms with Crippen molar-refractivity contribution in [3.8, 4) is 0 Å². The molecule has 0 aliphatic heterocycles. The lowest BCUT2D eigenvalue weighted by Crippen LogP contribution is -2.42. The van der Waals surface area contributed by atoms with Crippen LogP contribution < -0.4 is 10.6 Å². The van der Waals surface area contributed by atoms with Crippen molar-refractivity contribution >= 4 is 5.96 Å². The van der Waals surface area contributed by atoms with Crippen LogP contribution in [-0.4, -0.2) is 34.6 Å². The van der Waals surface area contributed by atoms with Crippen molar-refractivity contribution in [2.24, 2.45) is 4.99 Å². The number of aromatic nitrogens is 2. The number of nitrogens with one attached hydrogen (secondary N) is 2. The van der Waals surface area contributed by atoms with Gasteiger partial charge < -0.3 is 15.2 Å². The van der Waals surface area contributed by atoms with Gasteiger partial charge in [0.05, 0.1) is 0 Å². The van der Waals surface area contributed by atoms with E-state index in [1.165, 1.54) is 25.7 Å². The highest BCUT2D eigenvalue weighted by Gasteiger charge is 2.15. The molecular weight excluding hydrogens is 262 g/mol. The quantitative estimate of drug-likeness (QED) is 0.461. The van der Waals surface area contributed by atoms with Crippen LogP contribution in [0.25, 0.3) is 0 Å². The largest absolute Gasteiger partial charge is 0.357 e. The molecule has 0 unspecified atom stereocenters. The Kier molecular flexibility index (Phi) is 6.57. The first kappa shape index (κ1) is 15.9. The molecule has 1 aliphatic rings.